The number of carbonyl (C=O) groups is 1. The number of carbonyl (C=O) groups excluding carboxylic acids is 1. The smallest absolute Gasteiger partial charge is 0.248 e. The number of hydrogen-bond donors (Lipinski definition) is 0. The van der Waals surface area contributed by atoms with Crippen molar-refractivity contribution in [3.05, 3.63) is 63.7 Å². The molecule has 2 nitrogen and oxygen atoms in total. The highest BCUT2D eigenvalue weighted by Gasteiger charge is 2.45. The third-order valence-corrected chi connectivity index (χ3v) is 6.62. The molecule has 2 aromatic carbocycles. The molecule has 2 aromatic rings. The zero-order valence-electron chi connectivity index (χ0n) is 17.5. The van der Waals surface area contributed by atoms with Crippen LogP contribution in [0.1, 0.15) is 52.6 Å². The molecule has 0 saturated heterocycles. The number of halogens is 2. The first kappa shape index (κ1) is 20.1. The summed E-state index contributed by atoms with van der Waals surface area (Å²) in [7, 11) is 0. The van der Waals surface area contributed by atoms with Gasteiger partial charge in [0.15, 0.2) is 0 Å². The lowest BCUT2D eigenvalue weighted by Crippen LogP contribution is -2.36. The summed E-state index contributed by atoms with van der Waals surface area (Å²) in [6.45, 7) is 8.13. The lowest BCUT2D eigenvalue weighted by atomic mass is 9.77. The van der Waals surface area contributed by atoms with E-state index in [0.29, 0.717) is 6.42 Å². The summed E-state index contributed by atoms with van der Waals surface area (Å²) in [4.78, 5) is 14.9. The molecule has 154 valence electrons. The van der Waals surface area contributed by atoms with E-state index in [0.717, 1.165) is 30.6 Å². The number of hydrogen-bond acceptors (Lipinski definition) is 2. The first-order valence-electron chi connectivity index (χ1n) is 10.5. The molecule has 4 heteroatoms. The van der Waals surface area contributed by atoms with E-state index in [-0.39, 0.29) is 31.0 Å². The summed E-state index contributed by atoms with van der Waals surface area (Å²) in [5.41, 5.74) is 8.66. The van der Waals surface area contributed by atoms with Crippen LogP contribution in [0.15, 0.2) is 30.3 Å². The minimum Gasteiger partial charge on any atom is -0.367 e. The van der Waals surface area contributed by atoms with Gasteiger partial charge in [-0.3, -0.25) is 4.79 Å². The molecule has 0 radical (unpaired) electrons. The molecule has 0 aromatic heterocycles. The Bertz CT molecular complexity index is 925. The monoisotopic (exact) mass is 397 g/mol. The van der Waals surface area contributed by atoms with E-state index in [1.54, 1.807) is 0 Å². The van der Waals surface area contributed by atoms with Gasteiger partial charge in [-0.05, 0) is 73.1 Å². The zero-order chi connectivity index (χ0) is 20.8. The summed E-state index contributed by atoms with van der Waals surface area (Å²) in [6.07, 6.45) is 1.36. The van der Waals surface area contributed by atoms with Crippen LogP contribution in [0.4, 0.5) is 14.5 Å². The van der Waals surface area contributed by atoms with Crippen LogP contribution >= 0.6 is 0 Å². The third kappa shape index (κ3) is 4.22. The van der Waals surface area contributed by atoms with Crippen molar-refractivity contribution in [2.45, 2.75) is 65.3 Å². The van der Waals surface area contributed by atoms with E-state index in [2.05, 4.69) is 56.0 Å². The highest BCUT2D eigenvalue weighted by molar-refractivity contribution is 5.82. The minimum atomic E-state index is -2.55. The van der Waals surface area contributed by atoms with E-state index < -0.39 is 5.92 Å². The fourth-order valence-electron chi connectivity index (χ4n) is 4.94. The van der Waals surface area contributed by atoms with E-state index in [9.17, 15) is 13.6 Å². The van der Waals surface area contributed by atoms with E-state index in [1.807, 2.05) is 0 Å². The minimum absolute atomic E-state index is 0.0914. The molecule has 0 amide bonds. The molecular formula is C25H29F2NO. The second-order valence-electron chi connectivity index (χ2n) is 8.99. The second-order valence-corrected chi connectivity index (χ2v) is 8.99. The number of Topliss-reactive ketones (excluding diaryl/α,β-unsaturated/α-hetero) is 1. The van der Waals surface area contributed by atoms with Gasteiger partial charge < -0.3 is 4.90 Å². The van der Waals surface area contributed by atoms with Crippen LogP contribution in [0, 0.1) is 26.7 Å². The molecule has 1 aliphatic carbocycles. The van der Waals surface area contributed by atoms with Crippen LogP contribution < -0.4 is 4.90 Å². The lowest BCUT2D eigenvalue weighted by molar-refractivity contribution is -0.131. The maximum atomic E-state index is 13.0. The van der Waals surface area contributed by atoms with Crippen LogP contribution in [-0.2, 0) is 24.2 Å². The number of fused-ring (bicyclic) bond motifs is 1. The molecule has 1 aliphatic heterocycles. The van der Waals surface area contributed by atoms with Gasteiger partial charge in [-0.15, -0.1) is 0 Å². The summed E-state index contributed by atoms with van der Waals surface area (Å²) in [5.74, 6) is -2.60. The number of alkyl halides is 2. The van der Waals surface area contributed by atoms with E-state index >= 15 is 0 Å². The molecule has 0 atom stereocenters. The van der Waals surface area contributed by atoms with Crippen LogP contribution in [0.2, 0.25) is 0 Å². The molecule has 1 saturated carbocycles. The van der Waals surface area contributed by atoms with Crippen molar-refractivity contribution in [1.82, 2.24) is 0 Å². The quantitative estimate of drug-likeness (QED) is 0.643. The SMILES string of the molecule is Cc1ccc(N2CCc3c(cc(C)c(CC(=O)CC4CC(F)(F)C4)c3C)C2)cc1. The van der Waals surface area contributed by atoms with Crippen molar-refractivity contribution in [2.75, 3.05) is 11.4 Å². The van der Waals surface area contributed by atoms with Gasteiger partial charge >= 0.3 is 0 Å². The van der Waals surface area contributed by atoms with Crippen molar-refractivity contribution in [3.63, 3.8) is 0 Å². The number of nitrogens with zero attached hydrogens (tertiary/aromatic N) is 1. The van der Waals surface area contributed by atoms with Crippen molar-refractivity contribution in [3.8, 4) is 0 Å². The lowest BCUT2D eigenvalue weighted by Gasteiger charge is -2.34. The Kier molecular flexibility index (Phi) is 5.22. The normalized spacial score (nSPS) is 18.3. The molecule has 1 fully saturated rings. The molecule has 29 heavy (non-hydrogen) atoms. The molecule has 1 heterocycles. The number of benzene rings is 2. The van der Waals surface area contributed by atoms with Crippen molar-refractivity contribution in [1.29, 1.82) is 0 Å². The Morgan fingerprint density at radius 1 is 1.14 bits per heavy atom. The number of rotatable bonds is 5. The van der Waals surface area contributed by atoms with Gasteiger partial charge in [-0.25, -0.2) is 8.78 Å². The van der Waals surface area contributed by atoms with E-state index in [4.69, 9.17) is 0 Å². The van der Waals surface area contributed by atoms with Crippen LogP contribution in [0.5, 0.6) is 0 Å². The van der Waals surface area contributed by atoms with Gasteiger partial charge in [-0.2, -0.15) is 0 Å². The second kappa shape index (κ2) is 7.55. The Hall–Kier alpha value is -2.23. The number of aryl methyl sites for hydroxylation is 2. The summed E-state index contributed by atoms with van der Waals surface area (Å²) in [6, 6.07) is 10.9. The zero-order valence-corrected chi connectivity index (χ0v) is 17.5. The summed E-state index contributed by atoms with van der Waals surface area (Å²) >= 11 is 0. The topological polar surface area (TPSA) is 20.3 Å². The van der Waals surface area contributed by atoms with Crippen molar-refractivity contribution >= 4 is 11.5 Å². The van der Waals surface area contributed by atoms with Crippen LogP contribution in [0.3, 0.4) is 0 Å². The first-order valence-corrected chi connectivity index (χ1v) is 10.5. The number of ketones is 1. The highest BCUT2D eigenvalue weighted by atomic mass is 19.3. The molecule has 0 bridgehead atoms. The first-order chi connectivity index (χ1) is 13.7. The number of anilines is 1. The van der Waals surface area contributed by atoms with Gasteiger partial charge in [0.25, 0.3) is 0 Å². The van der Waals surface area contributed by atoms with Crippen LogP contribution in [-0.4, -0.2) is 18.3 Å². The average molecular weight is 398 g/mol. The fraction of sp³-hybridized carbons (Fsp3) is 0.480. The third-order valence-electron chi connectivity index (χ3n) is 6.62. The largest absolute Gasteiger partial charge is 0.367 e. The van der Waals surface area contributed by atoms with Gasteiger partial charge in [0.1, 0.15) is 5.78 Å². The standard InChI is InChI=1S/C25H29F2NO/c1-16-4-6-21(7-5-16)28-9-8-23-18(3)24(17(2)10-20(23)15-28)12-22(29)11-19-13-25(26,27)14-19/h4-7,10,19H,8-9,11-15H2,1-3H3. The van der Waals surface area contributed by atoms with Gasteiger partial charge in [0, 0.05) is 44.5 Å². The van der Waals surface area contributed by atoms with Gasteiger partial charge in [0.05, 0.1) is 0 Å². The predicted octanol–water partition coefficient (Wildman–Crippen LogP) is 5.72. The summed E-state index contributed by atoms with van der Waals surface area (Å²) in [5, 5.41) is 0. The van der Waals surface area contributed by atoms with Crippen LogP contribution in [0.25, 0.3) is 0 Å². The predicted molar refractivity (Wildman–Crippen MR) is 113 cm³/mol. The van der Waals surface area contributed by atoms with E-state index in [1.165, 1.54) is 27.9 Å². The molecule has 0 unspecified atom stereocenters. The fourth-order valence-corrected chi connectivity index (χ4v) is 4.94. The Balaban J connectivity index is 1.48. The molecule has 4 rings (SSSR count). The van der Waals surface area contributed by atoms with Crippen molar-refractivity contribution in [2.24, 2.45) is 5.92 Å². The maximum absolute atomic E-state index is 13.0. The van der Waals surface area contributed by atoms with Gasteiger partial charge in [0.2, 0.25) is 5.92 Å². The average Bonchev–Trinajstić information content (AvgIpc) is 2.64. The molecule has 2 aliphatic rings. The summed E-state index contributed by atoms with van der Waals surface area (Å²) < 4.78 is 26.1. The van der Waals surface area contributed by atoms with Gasteiger partial charge in [-0.1, -0.05) is 23.8 Å². The Labute approximate surface area is 171 Å². The highest BCUT2D eigenvalue weighted by Crippen LogP contribution is 2.44. The Morgan fingerprint density at radius 3 is 2.48 bits per heavy atom. The molecule has 0 N–H and O–H groups in total. The molecular weight excluding hydrogens is 368 g/mol. The maximum Gasteiger partial charge on any atom is 0.248 e. The van der Waals surface area contributed by atoms with Crippen molar-refractivity contribution < 1.29 is 13.6 Å². The Morgan fingerprint density at radius 2 is 1.83 bits per heavy atom. The molecule has 0 spiro atoms.